The van der Waals surface area contributed by atoms with Crippen LogP contribution < -0.4 is 5.73 Å². The maximum Gasteiger partial charge on any atom is 0.0406 e. The van der Waals surface area contributed by atoms with Crippen LogP contribution in [0, 0.1) is 5.92 Å². The fraction of sp³-hybridized carbons (Fsp3) is 0.579. The third-order valence-corrected chi connectivity index (χ3v) is 4.65. The van der Waals surface area contributed by atoms with E-state index in [0.717, 1.165) is 18.0 Å². The first-order chi connectivity index (χ1) is 10.1. The van der Waals surface area contributed by atoms with E-state index in [1.165, 1.54) is 43.2 Å². The minimum absolute atomic E-state index is 0.613. The predicted octanol–water partition coefficient (Wildman–Crippen LogP) is 5.94. The van der Waals surface area contributed by atoms with Crippen LogP contribution >= 0.6 is 11.6 Å². The van der Waals surface area contributed by atoms with Crippen LogP contribution in [0.15, 0.2) is 36.4 Å². The molecule has 0 radical (unpaired) electrons. The molecular formula is C19H30ClN. The number of allylic oxidation sites excluding steroid dienone is 1. The molecule has 1 rings (SSSR count). The van der Waals surface area contributed by atoms with Crippen LogP contribution in [-0.2, 0) is 0 Å². The largest absolute Gasteiger partial charge is 0.330 e. The highest BCUT2D eigenvalue weighted by Gasteiger charge is 2.15. The molecule has 1 nitrogen and oxygen atoms in total. The monoisotopic (exact) mass is 307 g/mol. The molecule has 0 fully saturated rings. The third kappa shape index (κ3) is 6.67. The minimum Gasteiger partial charge on any atom is -0.330 e. The first-order valence-electron chi connectivity index (χ1n) is 8.19. The lowest BCUT2D eigenvalue weighted by Crippen LogP contribution is -2.06. The molecule has 1 aromatic carbocycles. The fourth-order valence-electron chi connectivity index (χ4n) is 2.95. The van der Waals surface area contributed by atoms with Crippen LogP contribution in [0.4, 0.5) is 0 Å². The van der Waals surface area contributed by atoms with E-state index in [1.54, 1.807) is 0 Å². The Morgan fingerprint density at radius 2 is 1.81 bits per heavy atom. The topological polar surface area (TPSA) is 26.0 Å². The number of hydrogen-bond donors (Lipinski definition) is 1. The molecule has 2 unspecified atom stereocenters. The Kier molecular flexibility index (Phi) is 8.72. The molecule has 0 aliphatic heterocycles. The van der Waals surface area contributed by atoms with Crippen LogP contribution in [-0.4, -0.2) is 6.54 Å². The lowest BCUT2D eigenvalue weighted by molar-refractivity contribution is 0.454. The van der Waals surface area contributed by atoms with Crippen molar-refractivity contribution in [1.82, 2.24) is 0 Å². The van der Waals surface area contributed by atoms with Crippen LogP contribution in [0.25, 0.3) is 0 Å². The van der Waals surface area contributed by atoms with Gasteiger partial charge in [-0.25, -0.2) is 0 Å². The van der Waals surface area contributed by atoms with Gasteiger partial charge in [0.1, 0.15) is 0 Å². The van der Waals surface area contributed by atoms with E-state index in [9.17, 15) is 0 Å². The maximum atomic E-state index is 6.01. The lowest BCUT2D eigenvalue weighted by atomic mass is 9.84. The summed E-state index contributed by atoms with van der Waals surface area (Å²) in [7, 11) is 0. The average Bonchev–Trinajstić information content (AvgIpc) is 2.47. The van der Waals surface area contributed by atoms with Gasteiger partial charge in [0, 0.05) is 5.02 Å². The van der Waals surface area contributed by atoms with Crippen molar-refractivity contribution in [3.8, 4) is 0 Å². The van der Waals surface area contributed by atoms with Crippen molar-refractivity contribution in [1.29, 1.82) is 0 Å². The normalized spacial score (nSPS) is 13.9. The van der Waals surface area contributed by atoms with E-state index in [4.69, 9.17) is 17.3 Å². The van der Waals surface area contributed by atoms with E-state index in [1.807, 2.05) is 12.1 Å². The second kappa shape index (κ2) is 10.0. The maximum absolute atomic E-state index is 6.01. The number of benzene rings is 1. The second-order valence-corrected chi connectivity index (χ2v) is 6.50. The molecule has 21 heavy (non-hydrogen) atoms. The van der Waals surface area contributed by atoms with Crippen LogP contribution in [0.5, 0.6) is 0 Å². The van der Waals surface area contributed by atoms with Gasteiger partial charge in [-0.3, -0.25) is 0 Å². The molecule has 0 saturated carbocycles. The van der Waals surface area contributed by atoms with E-state index < -0.39 is 0 Å². The molecule has 0 heterocycles. The summed E-state index contributed by atoms with van der Waals surface area (Å²) < 4.78 is 0. The molecular weight excluding hydrogens is 278 g/mol. The number of halogens is 1. The molecule has 118 valence electrons. The SMILES string of the molecule is C=C(C)C(CC)CCC(CCCCN)c1ccc(Cl)cc1. The van der Waals surface area contributed by atoms with Gasteiger partial charge in [0.05, 0.1) is 0 Å². The summed E-state index contributed by atoms with van der Waals surface area (Å²) in [5, 5.41) is 0.813. The van der Waals surface area contributed by atoms with E-state index in [2.05, 4.69) is 32.6 Å². The average molecular weight is 308 g/mol. The van der Waals surface area contributed by atoms with Crippen LogP contribution in [0.2, 0.25) is 5.02 Å². The second-order valence-electron chi connectivity index (χ2n) is 6.06. The molecule has 0 amide bonds. The molecule has 0 aliphatic carbocycles. The molecule has 0 bridgehead atoms. The van der Waals surface area contributed by atoms with Crippen molar-refractivity contribution in [2.45, 2.75) is 58.3 Å². The molecule has 1 aromatic rings. The van der Waals surface area contributed by atoms with Crippen LogP contribution in [0.3, 0.4) is 0 Å². The van der Waals surface area contributed by atoms with Crippen molar-refractivity contribution in [3.05, 3.63) is 47.0 Å². The van der Waals surface area contributed by atoms with Gasteiger partial charge in [-0.1, -0.05) is 49.2 Å². The molecule has 2 heteroatoms. The summed E-state index contributed by atoms with van der Waals surface area (Å²) in [6.07, 6.45) is 7.16. The summed E-state index contributed by atoms with van der Waals surface area (Å²) in [4.78, 5) is 0. The lowest BCUT2D eigenvalue weighted by Gasteiger charge is -2.21. The van der Waals surface area contributed by atoms with Crippen molar-refractivity contribution in [3.63, 3.8) is 0 Å². The Labute approximate surface area is 135 Å². The van der Waals surface area contributed by atoms with E-state index in [-0.39, 0.29) is 0 Å². The first-order valence-corrected chi connectivity index (χ1v) is 8.57. The van der Waals surface area contributed by atoms with Gasteiger partial charge >= 0.3 is 0 Å². The van der Waals surface area contributed by atoms with Crippen molar-refractivity contribution >= 4 is 11.6 Å². The highest BCUT2D eigenvalue weighted by Crippen LogP contribution is 2.31. The zero-order valence-electron chi connectivity index (χ0n) is 13.6. The molecule has 0 aliphatic rings. The zero-order chi connectivity index (χ0) is 15.7. The third-order valence-electron chi connectivity index (χ3n) is 4.40. The number of unbranched alkanes of at least 4 members (excludes halogenated alkanes) is 1. The zero-order valence-corrected chi connectivity index (χ0v) is 14.3. The number of hydrogen-bond acceptors (Lipinski definition) is 1. The van der Waals surface area contributed by atoms with Gasteiger partial charge in [0.15, 0.2) is 0 Å². The highest BCUT2D eigenvalue weighted by molar-refractivity contribution is 6.30. The quantitative estimate of drug-likeness (QED) is 0.420. The summed E-state index contributed by atoms with van der Waals surface area (Å²) in [5.74, 6) is 1.26. The minimum atomic E-state index is 0.613. The Bertz CT molecular complexity index is 410. The van der Waals surface area contributed by atoms with Crippen molar-refractivity contribution in [2.24, 2.45) is 11.7 Å². The number of rotatable bonds is 10. The van der Waals surface area contributed by atoms with E-state index in [0.29, 0.717) is 11.8 Å². The summed E-state index contributed by atoms with van der Waals surface area (Å²) in [5.41, 5.74) is 8.35. The Hall–Kier alpha value is -0.790. The van der Waals surface area contributed by atoms with Crippen molar-refractivity contribution < 1.29 is 0 Å². The van der Waals surface area contributed by atoms with Gasteiger partial charge in [-0.05, 0) is 75.1 Å². The van der Waals surface area contributed by atoms with Gasteiger partial charge in [-0.15, -0.1) is 0 Å². The fourth-order valence-corrected chi connectivity index (χ4v) is 3.08. The van der Waals surface area contributed by atoms with Gasteiger partial charge in [-0.2, -0.15) is 0 Å². The molecule has 2 N–H and O–H groups in total. The summed E-state index contributed by atoms with van der Waals surface area (Å²) in [6.45, 7) is 9.33. The van der Waals surface area contributed by atoms with Crippen LogP contribution in [0.1, 0.15) is 63.9 Å². The predicted molar refractivity (Wildman–Crippen MR) is 94.9 cm³/mol. The van der Waals surface area contributed by atoms with Crippen molar-refractivity contribution in [2.75, 3.05) is 6.54 Å². The van der Waals surface area contributed by atoms with Gasteiger partial charge in [0.2, 0.25) is 0 Å². The molecule has 0 saturated heterocycles. The van der Waals surface area contributed by atoms with E-state index >= 15 is 0 Å². The Balaban J connectivity index is 2.67. The number of nitrogens with two attached hydrogens (primary N) is 1. The van der Waals surface area contributed by atoms with Gasteiger partial charge < -0.3 is 5.73 Å². The molecule has 0 spiro atoms. The summed E-state index contributed by atoms with van der Waals surface area (Å²) >= 11 is 6.01. The first kappa shape index (κ1) is 18.3. The Morgan fingerprint density at radius 1 is 1.14 bits per heavy atom. The standard InChI is InChI=1S/C19H30ClN/c1-4-16(15(2)3)8-9-17(7-5-6-14-21)18-10-12-19(20)13-11-18/h10-13,16-17H,2,4-9,14,21H2,1,3H3. The Morgan fingerprint density at radius 3 is 2.33 bits per heavy atom. The molecule has 2 atom stereocenters. The summed E-state index contributed by atoms with van der Waals surface area (Å²) in [6, 6.07) is 8.36. The smallest absolute Gasteiger partial charge is 0.0406 e. The highest BCUT2D eigenvalue weighted by atomic mass is 35.5. The van der Waals surface area contributed by atoms with Gasteiger partial charge in [0.25, 0.3) is 0 Å². The molecule has 0 aromatic heterocycles.